The summed E-state index contributed by atoms with van der Waals surface area (Å²) < 4.78 is 12.5. The van der Waals surface area contributed by atoms with Crippen LogP contribution in [-0.4, -0.2) is 28.8 Å². The monoisotopic (exact) mass is 198 g/mol. The summed E-state index contributed by atoms with van der Waals surface area (Å²) in [5.41, 5.74) is 6.22. The van der Waals surface area contributed by atoms with Crippen LogP contribution in [0.1, 0.15) is 12.8 Å². The van der Waals surface area contributed by atoms with Crippen LogP contribution < -0.4 is 11.5 Å². The molecule has 0 aliphatic heterocycles. The molecule has 0 aromatic carbocycles. The third kappa shape index (κ3) is 2.58. The van der Waals surface area contributed by atoms with Crippen LogP contribution in [0.5, 0.6) is 0 Å². The molecule has 0 saturated carbocycles. The maximum atomic E-state index is 12.5. The van der Waals surface area contributed by atoms with Crippen LogP contribution in [0.15, 0.2) is 0 Å². The Labute approximate surface area is 74.7 Å². The van der Waals surface area contributed by atoms with Gasteiger partial charge in [-0.25, -0.2) is 4.39 Å². The van der Waals surface area contributed by atoms with E-state index in [0.29, 0.717) is 6.42 Å². The van der Waals surface area contributed by atoms with Crippen molar-refractivity contribution in [3.63, 3.8) is 0 Å². The van der Waals surface area contributed by atoms with E-state index in [-0.39, 0.29) is 13.0 Å². The first-order valence-corrected chi connectivity index (χ1v) is 3.89. The van der Waals surface area contributed by atoms with Gasteiger partial charge >= 0.3 is 5.97 Å². The third-order valence-corrected chi connectivity index (χ3v) is 1.97. The van der Waals surface area contributed by atoms with E-state index in [1.54, 1.807) is 0 Å². The van der Waals surface area contributed by atoms with Gasteiger partial charge in [0.25, 0.3) is 0 Å². The van der Waals surface area contributed by atoms with Gasteiger partial charge in [-0.1, -0.05) is 11.6 Å². The summed E-state index contributed by atoms with van der Waals surface area (Å²) in [7, 11) is 0. The van der Waals surface area contributed by atoms with E-state index in [1.165, 1.54) is 0 Å². The normalized spacial score (nSPS) is 18.3. The SMILES string of the molecule is NCCC[C@@](N)(C(=O)O)[C@H](F)Cl. The van der Waals surface area contributed by atoms with E-state index < -0.39 is 17.1 Å². The lowest BCUT2D eigenvalue weighted by Gasteiger charge is -2.24. The van der Waals surface area contributed by atoms with Gasteiger partial charge in [-0.05, 0) is 19.4 Å². The Hall–Kier alpha value is -0.390. The quantitative estimate of drug-likeness (QED) is 0.545. The Morgan fingerprint density at radius 2 is 2.25 bits per heavy atom. The van der Waals surface area contributed by atoms with Crippen molar-refractivity contribution in [1.29, 1.82) is 0 Å². The number of halogens is 2. The smallest absolute Gasteiger partial charge is 0.328 e. The van der Waals surface area contributed by atoms with Crippen LogP contribution in [0.2, 0.25) is 0 Å². The third-order valence-electron chi connectivity index (χ3n) is 1.58. The minimum Gasteiger partial charge on any atom is -0.480 e. The average molecular weight is 199 g/mol. The van der Waals surface area contributed by atoms with Crippen LogP contribution >= 0.6 is 11.6 Å². The van der Waals surface area contributed by atoms with Crippen LogP contribution in [0.4, 0.5) is 4.39 Å². The zero-order valence-corrected chi connectivity index (χ0v) is 7.22. The Bertz CT molecular complexity index is 168. The van der Waals surface area contributed by atoms with Gasteiger partial charge in [0.1, 0.15) is 0 Å². The number of hydrogen-bond acceptors (Lipinski definition) is 3. The van der Waals surface area contributed by atoms with E-state index in [0.717, 1.165) is 0 Å². The fourth-order valence-corrected chi connectivity index (χ4v) is 0.906. The molecule has 6 heteroatoms. The highest BCUT2D eigenvalue weighted by Crippen LogP contribution is 2.20. The van der Waals surface area contributed by atoms with Gasteiger partial charge in [0, 0.05) is 0 Å². The molecule has 5 N–H and O–H groups in total. The van der Waals surface area contributed by atoms with Gasteiger partial charge in [-0.2, -0.15) is 0 Å². The Morgan fingerprint density at radius 3 is 2.50 bits per heavy atom. The molecule has 0 amide bonds. The molecule has 12 heavy (non-hydrogen) atoms. The summed E-state index contributed by atoms with van der Waals surface area (Å²) in [6.07, 6.45) is 0.263. The lowest BCUT2D eigenvalue weighted by atomic mass is 9.96. The van der Waals surface area contributed by atoms with Gasteiger partial charge in [0.2, 0.25) is 5.63 Å². The van der Waals surface area contributed by atoms with Crippen molar-refractivity contribution in [2.24, 2.45) is 11.5 Å². The van der Waals surface area contributed by atoms with Gasteiger partial charge < -0.3 is 16.6 Å². The van der Waals surface area contributed by atoms with Crippen molar-refractivity contribution in [3.05, 3.63) is 0 Å². The van der Waals surface area contributed by atoms with Crippen molar-refractivity contribution in [2.45, 2.75) is 24.0 Å². The molecule has 0 aromatic rings. The molecular weight excluding hydrogens is 187 g/mol. The first-order valence-electron chi connectivity index (χ1n) is 3.45. The molecule has 0 fully saturated rings. The van der Waals surface area contributed by atoms with Crippen molar-refractivity contribution >= 4 is 17.6 Å². The number of carboxylic acid groups (broad SMARTS) is 1. The molecule has 0 radical (unpaired) electrons. The maximum absolute atomic E-state index is 12.5. The molecule has 0 saturated heterocycles. The maximum Gasteiger partial charge on any atom is 0.328 e. The molecule has 72 valence electrons. The molecule has 0 bridgehead atoms. The van der Waals surface area contributed by atoms with Gasteiger partial charge in [0.15, 0.2) is 5.54 Å². The highest BCUT2D eigenvalue weighted by molar-refractivity contribution is 6.22. The molecule has 0 unspecified atom stereocenters. The lowest BCUT2D eigenvalue weighted by Crippen LogP contribution is -2.54. The number of carbonyl (C=O) groups is 1. The van der Waals surface area contributed by atoms with Crippen molar-refractivity contribution in [2.75, 3.05) is 6.54 Å². The van der Waals surface area contributed by atoms with E-state index in [9.17, 15) is 9.18 Å². The Kier molecular flexibility index (Phi) is 4.44. The molecule has 2 atom stereocenters. The Morgan fingerprint density at radius 1 is 1.75 bits per heavy atom. The predicted molar refractivity (Wildman–Crippen MR) is 43.6 cm³/mol. The number of aliphatic carboxylic acids is 1. The minimum atomic E-state index is -2.10. The average Bonchev–Trinajstić information content (AvgIpc) is 1.99. The number of nitrogens with two attached hydrogens (primary N) is 2. The zero-order valence-electron chi connectivity index (χ0n) is 6.46. The van der Waals surface area contributed by atoms with Crippen LogP contribution in [0, 0.1) is 0 Å². The van der Waals surface area contributed by atoms with E-state index in [4.69, 9.17) is 28.2 Å². The number of rotatable bonds is 5. The van der Waals surface area contributed by atoms with Gasteiger partial charge in [-0.3, -0.25) is 4.79 Å². The molecule has 4 nitrogen and oxygen atoms in total. The standard InChI is InChI=1S/C6H12ClFN2O2/c7-4(8)6(10,5(11)12)2-1-3-9/h4H,1-3,9-10H2,(H,11,12)/t4-,6-/m0/s1. The second-order valence-corrected chi connectivity index (χ2v) is 2.92. The van der Waals surface area contributed by atoms with Crippen LogP contribution in [-0.2, 0) is 4.79 Å². The largest absolute Gasteiger partial charge is 0.480 e. The van der Waals surface area contributed by atoms with Gasteiger partial charge in [-0.15, -0.1) is 0 Å². The van der Waals surface area contributed by atoms with Crippen LogP contribution in [0.3, 0.4) is 0 Å². The minimum absolute atomic E-state index is 0.0660. The number of hydrogen-bond donors (Lipinski definition) is 3. The lowest BCUT2D eigenvalue weighted by molar-refractivity contribution is -0.145. The molecular formula is C6H12ClFN2O2. The number of carboxylic acids is 1. The summed E-state index contributed by atoms with van der Waals surface area (Å²) in [5.74, 6) is -1.45. The second-order valence-electron chi connectivity index (χ2n) is 2.54. The molecule has 0 aliphatic carbocycles. The summed E-state index contributed by atoms with van der Waals surface area (Å²) >= 11 is 5.00. The number of alkyl halides is 2. The molecule has 0 heterocycles. The Balaban J connectivity index is 4.29. The van der Waals surface area contributed by atoms with Gasteiger partial charge in [0.05, 0.1) is 0 Å². The van der Waals surface area contributed by atoms with E-state index in [1.807, 2.05) is 0 Å². The molecule has 0 aliphatic rings. The fourth-order valence-electron chi connectivity index (χ4n) is 0.704. The predicted octanol–water partition coefficient (Wildman–Crippen LogP) is 0.0418. The van der Waals surface area contributed by atoms with Crippen molar-refractivity contribution in [3.8, 4) is 0 Å². The summed E-state index contributed by atoms with van der Waals surface area (Å²) in [6, 6.07) is 0. The van der Waals surface area contributed by atoms with Crippen molar-refractivity contribution < 1.29 is 14.3 Å². The zero-order chi connectivity index (χ0) is 9.78. The first-order chi connectivity index (χ1) is 5.45. The second kappa shape index (κ2) is 4.59. The van der Waals surface area contributed by atoms with Crippen LogP contribution in [0.25, 0.3) is 0 Å². The topological polar surface area (TPSA) is 89.3 Å². The summed E-state index contributed by atoms with van der Waals surface area (Å²) in [5, 5.41) is 8.54. The molecule has 0 spiro atoms. The molecule has 0 aromatic heterocycles. The fraction of sp³-hybridized carbons (Fsp3) is 0.833. The van der Waals surface area contributed by atoms with Crippen molar-refractivity contribution in [1.82, 2.24) is 0 Å². The van der Waals surface area contributed by atoms with E-state index in [2.05, 4.69) is 0 Å². The highest BCUT2D eigenvalue weighted by Gasteiger charge is 2.41. The van der Waals surface area contributed by atoms with E-state index >= 15 is 0 Å². The highest BCUT2D eigenvalue weighted by atomic mass is 35.5. The first kappa shape index (κ1) is 11.6. The molecule has 0 rings (SSSR count). The summed E-state index contributed by atoms with van der Waals surface area (Å²) in [4.78, 5) is 10.5. The summed E-state index contributed by atoms with van der Waals surface area (Å²) in [6.45, 7) is 0.260.